The maximum atomic E-state index is 12.4. The number of fused-ring (bicyclic) bond motifs is 2. The monoisotopic (exact) mass is 352 g/mol. The van der Waals surface area contributed by atoms with E-state index >= 15 is 0 Å². The largest absolute Gasteiger partial charge is 0.493 e. The van der Waals surface area contributed by atoms with E-state index in [0.717, 1.165) is 46.3 Å². The molecule has 134 valence electrons. The van der Waals surface area contributed by atoms with Gasteiger partial charge in [-0.05, 0) is 36.6 Å². The molecule has 26 heavy (non-hydrogen) atoms. The third-order valence-electron chi connectivity index (χ3n) is 4.98. The van der Waals surface area contributed by atoms with E-state index < -0.39 is 6.03 Å². The number of rotatable bonds is 4. The van der Waals surface area contributed by atoms with Crippen LogP contribution >= 0.6 is 0 Å². The van der Waals surface area contributed by atoms with E-state index in [9.17, 15) is 4.79 Å². The predicted molar refractivity (Wildman–Crippen MR) is 98.8 cm³/mol. The third kappa shape index (κ3) is 2.35. The Hall–Kier alpha value is -3.22. The van der Waals surface area contributed by atoms with E-state index in [-0.39, 0.29) is 6.04 Å². The molecule has 2 aromatic carbocycles. The van der Waals surface area contributed by atoms with Crippen molar-refractivity contribution in [2.75, 3.05) is 19.1 Å². The Balaban J connectivity index is 1.85. The molecule has 4 rings (SSSR count). The van der Waals surface area contributed by atoms with Gasteiger partial charge in [0.05, 0.1) is 37.7 Å². The van der Waals surface area contributed by atoms with Gasteiger partial charge < -0.3 is 15.2 Å². The van der Waals surface area contributed by atoms with Crippen molar-refractivity contribution in [3.05, 3.63) is 47.7 Å². The number of carbonyl (C=O) groups excluding carboxylic acids is 1. The molecular formula is C19H20N4O3. The summed E-state index contributed by atoms with van der Waals surface area (Å²) in [5.41, 5.74) is 9.49. The highest BCUT2D eigenvalue weighted by molar-refractivity contribution is 6.02. The predicted octanol–water partition coefficient (Wildman–Crippen LogP) is 3.15. The van der Waals surface area contributed by atoms with Crippen LogP contribution in [0.3, 0.4) is 0 Å². The summed E-state index contributed by atoms with van der Waals surface area (Å²) in [5.74, 6) is 1.41. The first-order valence-corrected chi connectivity index (χ1v) is 8.40. The zero-order valence-corrected chi connectivity index (χ0v) is 14.7. The number of hydrogen-bond donors (Lipinski definition) is 2. The van der Waals surface area contributed by atoms with Gasteiger partial charge in [0.25, 0.3) is 0 Å². The molecule has 7 heteroatoms. The number of anilines is 1. The summed E-state index contributed by atoms with van der Waals surface area (Å²) in [7, 11) is 3.25. The summed E-state index contributed by atoms with van der Waals surface area (Å²) < 4.78 is 11.0. The number of hydrogen-bond acceptors (Lipinski definition) is 4. The minimum Gasteiger partial charge on any atom is -0.493 e. The van der Waals surface area contributed by atoms with Crippen molar-refractivity contribution in [2.24, 2.45) is 5.73 Å². The minimum atomic E-state index is -0.494. The quantitative estimate of drug-likeness (QED) is 0.754. The normalized spacial score (nSPS) is 15.7. The van der Waals surface area contributed by atoms with Crippen molar-refractivity contribution in [1.29, 1.82) is 0 Å². The van der Waals surface area contributed by atoms with E-state index in [4.69, 9.17) is 15.2 Å². The van der Waals surface area contributed by atoms with E-state index in [1.165, 1.54) is 0 Å². The number of nitrogens with two attached hydrogens (primary N) is 1. The third-order valence-corrected chi connectivity index (χ3v) is 4.98. The lowest BCUT2D eigenvalue weighted by Gasteiger charge is -2.29. The molecule has 1 aliphatic rings. The lowest BCUT2D eigenvalue weighted by Crippen LogP contribution is -2.38. The van der Waals surface area contributed by atoms with Crippen molar-refractivity contribution >= 4 is 22.6 Å². The van der Waals surface area contributed by atoms with Gasteiger partial charge >= 0.3 is 6.03 Å². The molecule has 0 saturated heterocycles. The molecule has 1 atom stereocenters. The van der Waals surface area contributed by atoms with Crippen LogP contribution < -0.4 is 20.1 Å². The molecule has 2 amide bonds. The Labute approximate surface area is 150 Å². The molecule has 0 saturated carbocycles. The lowest BCUT2D eigenvalue weighted by atomic mass is 10.0. The minimum absolute atomic E-state index is 0.164. The number of nitrogens with zero attached hydrogens (tertiary/aromatic N) is 2. The number of nitrogens with one attached hydrogen (secondary N) is 1. The second-order valence-electron chi connectivity index (χ2n) is 6.24. The molecule has 0 fully saturated rings. The molecule has 0 spiro atoms. The van der Waals surface area contributed by atoms with Gasteiger partial charge in [0.1, 0.15) is 0 Å². The molecular weight excluding hydrogens is 332 g/mol. The Morgan fingerprint density at radius 3 is 2.85 bits per heavy atom. The zero-order valence-electron chi connectivity index (χ0n) is 14.7. The first-order chi connectivity index (χ1) is 12.7. The molecule has 0 aliphatic heterocycles. The summed E-state index contributed by atoms with van der Waals surface area (Å²) in [4.78, 5) is 14.0. The van der Waals surface area contributed by atoms with Crippen LogP contribution in [0.5, 0.6) is 11.5 Å². The van der Waals surface area contributed by atoms with Gasteiger partial charge in [-0.3, -0.25) is 10.00 Å². The number of aromatic nitrogens is 2. The molecule has 0 bridgehead atoms. The molecule has 1 aromatic heterocycles. The number of carbonyl (C=O) groups is 1. The van der Waals surface area contributed by atoms with Gasteiger partial charge in [0.2, 0.25) is 0 Å². The Bertz CT molecular complexity index is 982. The molecule has 0 radical (unpaired) electrons. The number of benzene rings is 2. The second-order valence-corrected chi connectivity index (χ2v) is 6.24. The fraction of sp³-hybridized carbons (Fsp3) is 0.263. The van der Waals surface area contributed by atoms with Gasteiger partial charge in [-0.2, -0.15) is 5.10 Å². The number of aromatic amines is 1. The molecule has 3 N–H and O–H groups in total. The summed E-state index contributed by atoms with van der Waals surface area (Å²) in [6.45, 7) is 0. The topological polar surface area (TPSA) is 93.5 Å². The maximum absolute atomic E-state index is 12.4. The van der Waals surface area contributed by atoms with Crippen LogP contribution in [-0.2, 0) is 6.42 Å². The van der Waals surface area contributed by atoms with Crippen molar-refractivity contribution in [1.82, 2.24) is 10.2 Å². The fourth-order valence-corrected chi connectivity index (χ4v) is 3.88. The molecule has 7 nitrogen and oxygen atoms in total. The van der Waals surface area contributed by atoms with Gasteiger partial charge in [0, 0.05) is 10.9 Å². The van der Waals surface area contributed by atoms with Gasteiger partial charge in [0.15, 0.2) is 11.5 Å². The zero-order chi connectivity index (χ0) is 18.3. The average molecular weight is 352 g/mol. The molecule has 1 heterocycles. The van der Waals surface area contributed by atoms with E-state index in [0.29, 0.717) is 5.75 Å². The summed E-state index contributed by atoms with van der Waals surface area (Å²) in [6, 6.07) is 8.89. The number of ether oxygens (including phenoxy) is 2. The molecule has 0 unspecified atom stereocenters. The van der Waals surface area contributed by atoms with Crippen molar-refractivity contribution in [3.63, 3.8) is 0 Å². The fourth-order valence-electron chi connectivity index (χ4n) is 3.88. The van der Waals surface area contributed by atoms with E-state index in [1.807, 2.05) is 30.3 Å². The highest BCUT2D eigenvalue weighted by atomic mass is 16.5. The molecule has 1 aliphatic carbocycles. The smallest absolute Gasteiger partial charge is 0.319 e. The summed E-state index contributed by atoms with van der Waals surface area (Å²) in [5, 5.41) is 7.88. The SMILES string of the molecule is COc1ccc2c(c1OC)CC[C@H]2N(C(N)=O)c1cccc2[nH]ncc12. The van der Waals surface area contributed by atoms with E-state index in [2.05, 4.69) is 10.2 Å². The summed E-state index contributed by atoms with van der Waals surface area (Å²) >= 11 is 0. The van der Waals surface area contributed by atoms with Crippen LogP contribution in [0.15, 0.2) is 36.5 Å². The Kier molecular flexibility index (Phi) is 3.91. The standard InChI is InChI=1S/C19H20N4O3/c1-25-17-9-7-11-12(18(17)26-2)6-8-16(11)23(19(20)24)15-5-3-4-14-13(15)10-21-22-14/h3-5,7,9-10,16H,6,8H2,1-2H3,(H2,20,24)(H,21,22)/t16-/m1/s1. The van der Waals surface area contributed by atoms with Crippen LogP contribution in [-0.4, -0.2) is 30.4 Å². The van der Waals surface area contributed by atoms with Gasteiger partial charge in [-0.1, -0.05) is 12.1 Å². The lowest BCUT2D eigenvalue weighted by molar-refractivity contribution is 0.251. The Morgan fingerprint density at radius 1 is 1.27 bits per heavy atom. The van der Waals surface area contributed by atoms with Crippen molar-refractivity contribution < 1.29 is 14.3 Å². The highest BCUT2D eigenvalue weighted by Gasteiger charge is 2.34. The average Bonchev–Trinajstić information content (AvgIpc) is 3.28. The highest BCUT2D eigenvalue weighted by Crippen LogP contribution is 2.46. The number of methoxy groups -OCH3 is 2. The van der Waals surface area contributed by atoms with Crippen LogP contribution in [0.25, 0.3) is 10.9 Å². The van der Waals surface area contributed by atoms with Crippen LogP contribution in [0.2, 0.25) is 0 Å². The number of urea groups is 1. The number of primary amides is 1. The maximum Gasteiger partial charge on any atom is 0.319 e. The van der Waals surface area contributed by atoms with Crippen LogP contribution in [0.1, 0.15) is 23.6 Å². The second kappa shape index (κ2) is 6.25. The van der Waals surface area contributed by atoms with Gasteiger partial charge in [-0.25, -0.2) is 4.79 Å². The van der Waals surface area contributed by atoms with Crippen LogP contribution in [0, 0.1) is 0 Å². The van der Waals surface area contributed by atoms with Crippen LogP contribution in [0.4, 0.5) is 10.5 Å². The van der Waals surface area contributed by atoms with E-state index in [1.54, 1.807) is 25.3 Å². The number of amides is 2. The molecule has 3 aromatic rings. The van der Waals surface area contributed by atoms with Gasteiger partial charge in [-0.15, -0.1) is 0 Å². The van der Waals surface area contributed by atoms with Crippen molar-refractivity contribution in [3.8, 4) is 11.5 Å². The number of H-pyrrole nitrogens is 1. The van der Waals surface area contributed by atoms with Crippen molar-refractivity contribution in [2.45, 2.75) is 18.9 Å². The summed E-state index contributed by atoms with van der Waals surface area (Å²) in [6.07, 6.45) is 3.26. The first-order valence-electron chi connectivity index (χ1n) is 8.40. The Morgan fingerprint density at radius 2 is 2.12 bits per heavy atom. The first kappa shape index (κ1) is 16.3.